The van der Waals surface area contributed by atoms with Crippen LogP contribution in [-0.4, -0.2) is 40.6 Å². The Balaban J connectivity index is 2.02. The second-order valence-corrected chi connectivity index (χ2v) is 6.01. The maximum Gasteiger partial charge on any atom is 0.235 e. The first-order valence-electron chi connectivity index (χ1n) is 6.80. The van der Waals surface area contributed by atoms with Gasteiger partial charge in [-0.2, -0.15) is 0 Å². The predicted molar refractivity (Wildman–Crippen MR) is 74.1 cm³/mol. The van der Waals surface area contributed by atoms with E-state index in [1.165, 1.54) is 0 Å². The smallest absolute Gasteiger partial charge is 0.235 e. The number of carbonyl (C=O) groups excluding carboxylic acids is 1. The Morgan fingerprint density at radius 3 is 2.67 bits per heavy atom. The molecule has 1 unspecified atom stereocenters. The van der Waals surface area contributed by atoms with Crippen LogP contribution < -0.4 is 5.73 Å². The summed E-state index contributed by atoms with van der Waals surface area (Å²) in [5.41, 5.74) is 5.23. The van der Waals surface area contributed by atoms with Gasteiger partial charge in [0.2, 0.25) is 5.91 Å². The van der Waals surface area contributed by atoms with Gasteiger partial charge >= 0.3 is 0 Å². The number of hydrogen-bond donors (Lipinski definition) is 2. The monoisotopic (exact) mass is 270 g/mol. The van der Waals surface area contributed by atoms with Gasteiger partial charge in [-0.05, 0) is 38.0 Å². The first-order chi connectivity index (χ1) is 8.60. The van der Waals surface area contributed by atoms with Gasteiger partial charge in [-0.1, -0.05) is 18.6 Å². The lowest BCUT2D eigenvalue weighted by molar-refractivity contribution is -0.144. The molecule has 0 aromatic heterocycles. The minimum absolute atomic E-state index is 0.129. The summed E-state index contributed by atoms with van der Waals surface area (Å²) in [6, 6.07) is 0. The zero-order valence-electron chi connectivity index (χ0n) is 10.7. The van der Waals surface area contributed by atoms with Gasteiger partial charge in [0.05, 0.1) is 10.4 Å². The van der Waals surface area contributed by atoms with Gasteiger partial charge in [-0.15, -0.1) is 0 Å². The van der Waals surface area contributed by atoms with Crippen LogP contribution in [0.2, 0.25) is 0 Å². The third-order valence-corrected chi connectivity index (χ3v) is 4.82. The third-order valence-electron chi connectivity index (χ3n) is 4.43. The van der Waals surface area contributed by atoms with Crippen LogP contribution in [0, 0.1) is 11.3 Å². The van der Waals surface area contributed by atoms with Crippen molar-refractivity contribution in [1.29, 1.82) is 0 Å². The highest BCUT2D eigenvalue weighted by atomic mass is 32.1. The van der Waals surface area contributed by atoms with Crippen LogP contribution in [-0.2, 0) is 4.79 Å². The summed E-state index contributed by atoms with van der Waals surface area (Å²) < 4.78 is 0. The highest BCUT2D eigenvalue weighted by Crippen LogP contribution is 2.43. The SMILES string of the molecule is NC(=S)C1(C(=O)N2CCCC(CCO)C2)CCC1. The molecule has 1 heterocycles. The molecule has 102 valence electrons. The molecule has 1 amide bonds. The maximum absolute atomic E-state index is 12.6. The molecule has 2 fully saturated rings. The minimum atomic E-state index is -0.545. The van der Waals surface area contributed by atoms with Crippen LogP contribution in [0.25, 0.3) is 0 Å². The van der Waals surface area contributed by atoms with E-state index in [2.05, 4.69) is 0 Å². The van der Waals surface area contributed by atoms with Crippen molar-refractivity contribution < 1.29 is 9.90 Å². The molecule has 5 heteroatoms. The van der Waals surface area contributed by atoms with E-state index in [-0.39, 0.29) is 12.5 Å². The molecule has 4 nitrogen and oxygen atoms in total. The average Bonchev–Trinajstić information content (AvgIpc) is 2.27. The van der Waals surface area contributed by atoms with Gasteiger partial charge in [0.1, 0.15) is 0 Å². The van der Waals surface area contributed by atoms with Crippen LogP contribution in [0.3, 0.4) is 0 Å². The van der Waals surface area contributed by atoms with Crippen molar-refractivity contribution in [2.24, 2.45) is 17.1 Å². The lowest BCUT2D eigenvalue weighted by Gasteiger charge is -2.44. The number of rotatable bonds is 4. The van der Waals surface area contributed by atoms with Crippen molar-refractivity contribution >= 4 is 23.1 Å². The lowest BCUT2D eigenvalue weighted by atomic mass is 9.67. The zero-order chi connectivity index (χ0) is 13.2. The van der Waals surface area contributed by atoms with Gasteiger partial charge in [0.25, 0.3) is 0 Å². The number of likely N-dealkylation sites (tertiary alicyclic amines) is 1. The second kappa shape index (κ2) is 5.53. The van der Waals surface area contributed by atoms with Crippen LogP contribution >= 0.6 is 12.2 Å². The highest BCUT2D eigenvalue weighted by Gasteiger charge is 2.49. The van der Waals surface area contributed by atoms with Crippen molar-refractivity contribution in [2.75, 3.05) is 19.7 Å². The second-order valence-electron chi connectivity index (χ2n) is 5.57. The van der Waals surface area contributed by atoms with E-state index in [9.17, 15) is 4.79 Å². The van der Waals surface area contributed by atoms with Crippen molar-refractivity contribution in [3.8, 4) is 0 Å². The normalized spacial score (nSPS) is 26.5. The van der Waals surface area contributed by atoms with Crippen LogP contribution in [0.4, 0.5) is 0 Å². The Morgan fingerprint density at radius 1 is 1.44 bits per heavy atom. The molecule has 1 aliphatic heterocycles. The van der Waals surface area contributed by atoms with Gasteiger partial charge < -0.3 is 15.7 Å². The van der Waals surface area contributed by atoms with Crippen LogP contribution in [0.5, 0.6) is 0 Å². The van der Waals surface area contributed by atoms with E-state index in [1.54, 1.807) is 0 Å². The quantitative estimate of drug-likeness (QED) is 0.750. The molecule has 1 atom stereocenters. The number of piperidine rings is 1. The fourth-order valence-corrected chi connectivity index (χ4v) is 3.36. The van der Waals surface area contributed by atoms with Crippen LogP contribution in [0.1, 0.15) is 38.5 Å². The summed E-state index contributed by atoms with van der Waals surface area (Å²) in [7, 11) is 0. The molecule has 1 aliphatic carbocycles. The first-order valence-corrected chi connectivity index (χ1v) is 7.21. The fraction of sp³-hybridized carbons (Fsp3) is 0.846. The standard InChI is InChI=1S/C13H22N2O2S/c14-11(18)13(5-2-6-13)12(17)15-7-1-3-10(9-15)4-8-16/h10,16H,1-9H2,(H2,14,18). The third kappa shape index (κ3) is 2.38. The number of aliphatic hydroxyl groups is 1. The van der Waals surface area contributed by atoms with E-state index in [0.29, 0.717) is 10.9 Å². The van der Waals surface area contributed by atoms with Crippen molar-refractivity contribution in [3.63, 3.8) is 0 Å². The Hall–Kier alpha value is -0.680. The molecule has 0 aromatic carbocycles. The number of carbonyl (C=O) groups is 1. The topological polar surface area (TPSA) is 66.6 Å². The molecule has 18 heavy (non-hydrogen) atoms. The Bertz CT molecular complexity index is 340. The van der Waals surface area contributed by atoms with Gasteiger partial charge in [-0.25, -0.2) is 0 Å². The number of hydrogen-bond acceptors (Lipinski definition) is 3. The number of nitrogens with two attached hydrogens (primary N) is 1. The molecule has 0 aromatic rings. The summed E-state index contributed by atoms with van der Waals surface area (Å²) in [5.74, 6) is 0.556. The first kappa shape index (κ1) is 13.7. The van der Waals surface area contributed by atoms with Crippen molar-refractivity contribution in [3.05, 3.63) is 0 Å². The molecule has 0 bridgehead atoms. The van der Waals surface area contributed by atoms with Crippen LogP contribution in [0.15, 0.2) is 0 Å². The molecule has 2 rings (SSSR count). The number of nitrogens with zero attached hydrogens (tertiary/aromatic N) is 1. The molecular formula is C13H22N2O2S. The van der Waals surface area contributed by atoms with E-state index in [4.69, 9.17) is 23.1 Å². The molecule has 3 N–H and O–H groups in total. The Morgan fingerprint density at radius 2 is 2.17 bits per heavy atom. The zero-order valence-corrected chi connectivity index (χ0v) is 11.5. The van der Waals surface area contributed by atoms with E-state index >= 15 is 0 Å². The number of aliphatic hydroxyl groups excluding tert-OH is 1. The molecule has 1 saturated heterocycles. The summed E-state index contributed by atoms with van der Waals surface area (Å²) >= 11 is 5.10. The average molecular weight is 270 g/mol. The summed E-state index contributed by atoms with van der Waals surface area (Å²) in [6.07, 6.45) is 5.56. The highest BCUT2D eigenvalue weighted by molar-refractivity contribution is 7.80. The molecule has 0 radical (unpaired) electrons. The lowest BCUT2D eigenvalue weighted by Crippen LogP contribution is -2.56. The summed E-state index contributed by atoms with van der Waals surface area (Å²) in [4.78, 5) is 14.9. The molecule has 1 saturated carbocycles. The van der Waals surface area contributed by atoms with Gasteiger partial charge in [-0.3, -0.25) is 4.79 Å². The van der Waals surface area contributed by atoms with Crippen molar-refractivity contribution in [2.45, 2.75) is 38.5 Å². The summed E-state index contributed by atoms with van der Waals surface area (Å²) in [6.45, 7) is 1.77. The minimum Gasteiger partial charge on any atom is -0.396 e. The Labute approximate surface area is 114 Å². The summed E-state index contributed by atoms with van der Waals surface area (Å²) in [5, 5.41) is 9.00. The maximum atomic E-state index is 12.6. The largest absolute Gasteiger partial charge is 0.396 e. The number of amides is 1. The van der Waals surface area contributed by atoms with E-state index in [1.807, 2.05) is 4.90 Å². The fourth-order valence-electron chi connectivity index (χ4n) is 3.07. The Kier molecular flexibility index (Phi) is 4.22. The molecular weight excluding hydrogens is 248 g/mol. The molecule has 0 spiro atoms. The predicted octanol–water partition coefficient (Wildman–Crippen LogP) is 1.06. The van der Waals surface area contributed by atoms with Gasteiger partial charge in [0, 0.05) is 19.7 Å². The van der Waals surface area contributed by atoms with E-state index < -0.39 is 5.41 Å². The van der Waals surface area contributed by atoms with Crippen molar-refractivity contribution in [1.82, 2.24) is 4.90 Å². The number of thiocarbonyl (C=S) groups is 1. The molecule has 2 aliphatic rings. The van der Waals surface area contributed by atoms with Gasteiger partial charge in [0.15, 0.2) is 0 Å². The van der Waals surface area contributed by atoms with E-state index in [0.717, 1.165) is 51.6 Å².